The van der Waals surface area contributed by atoms with Crippen molar-refractivity contribution < 1.29 is 9.59 Å². The van der Waals surface area contributed by atoms with Gasteiger partial charge < -0.3 is 9.80 Å². The second-order valence-corrected chi connectivity index (χ2v) is 7.86. The minimum absolute atomic E-state index is 0.171. The van der Waals surface area contributed by atoms with Gasteiger partial charge >= 0.3 is 0 Å². The van der Waals surface area contributed by atoms with E-state index in [-0.39, 0.29) is 17.5 Å². The van der Waals surface area contributed by atoms with Crippen molar-refractivity contribution in [2.45, 2.75) is 18.9 Å². The monoisotopic (exact) mass is 437 g/mol. The van der Waals surface area contributed by atoms with Crippen LogP contribution in [0.15, 0.2) is 58.7 Å². The number of hydrogen-bond donors (Lipinski definition) is 0. The van der Waals surface area contributed by atoms with Crippen molar-refractivity contribution in [2.75, 3.05) is 14.1 Å². The number of nitriles is 1. The summed E-state index contributed by atoms with van der Waals surface area (Å²) < 4.78 is 0.688. The zero-order valence-corrected chi connectivity index (χ0v) is 17.5. The van der Waals surface area contributed by atoms with E-state index in [2.05, 4.69) is 22.0 Å². The number of halogens is 1. The summed E-state index contributed by atoms with van der Waals surface area (Å²) in [7, 11) is 3.25. The van der Waals surface area contributed by atoms with Gasteiger partial charge in [0.1, 0.15) is 11.2 Å². The number of likely N-dealkylation sites (N-methyl/N-ethyl adjacent to an activating group) is 2. The van der Waals surface area contributed by atoms with Gasteiger partial charge in [0.05, 0.1) is 11.6 Å². The first-order chi connectivity index (χ1) is 13.3. The molecule has 1 unspecified atom stereocenters. The lowest BCUT2D eigenvalue weighted by Crippen LogP contribution is -2.64. The molecule has 2 aromatic carbocycles. The maximum Gasteiger partial charge on any atom is 0.271 e. The Bertz CT molecular complexity index is 1010. The van der Waals surface area contributed by atoms with Gasteiger partial charge in [0.15, 0.2) is 0 Å². The molecule has 1 heterocycles. The molecular formula is C22H20BrN3O2. The number of amides is 2. The van der Waals surface area contributed by atoms with Crippen molar-refractivity contribution in [1.82, 2.24) is 9.80 Å². The van der Waals surface area contributed by atoms with Gasteiger partial charge in [-0.15, -0.1) is 0 Å². The first-order valence-corrected chi connectivity index (χ1v) is 9.59. The Labute approximate surface area is 173 Å². The Balaban J connectivity index is 2.03. The van der Waals surface area contributed by atoms with E-state index in [4.69, 9.17) is 0 Å². The third-order valence-electron chi connectivity index (χ3n) is 5.24. The van der Waals surface area contributed by atoms with Crippen molar-refractivity contribution in [1.29, 1.82) is 5.26 Å². The van der Waals surface area contributed by atoms with Crippen LogP contribution in [-0.2, 0) is 16.0 Å². The number of hydrogen-bond acceptors (Lipinski definition) is 3. The van der Waals surface area contributed by atoms with E-state index < -0.39 is 5.54 Å². The first kappa shape index (κ1) is 19.8. The minimum atomic E-state index is -0.990. The van der Waals surface area contributed by atoms with E-state index in [1.165, 1.54) is 9.80 Å². The molecule has 2 aromatic rings. The Kier molecular flexibility index (Phi) is 5.39. The Morgan fingerprint density at radius 2 is 1.79 bits per heavy atom. The average molecular weight is 438 g/mol. The van der Waals surface area contributed by atoms with E-state index in [1.54, 1.807) is 45.3 Å². The van der Waals surface area contributed by atoms with Crippen molar-refractivity contribution in [3.05, 3.63) is 75.4 Å². The summed E-state index contributed by atoms with van der Waals surface area (Å²) in [5, 5.41) is 9.38. The Morgan fingerprint density at radius 1 is 1.11 bits per heavy atom. The number of piperazine rings is 1. The second-order valence-electron chi connectivity index (χ2n) is 7.01. The molecule has 0 N–H and O–H groups in total. The molecule has 1 fully saturated rings. The molecule has 6 heteroatoms. The highest BCUT2D eigenvalue weighted by Crippen LogP contribution is 2.32. The lowest BCUT2D eigenvalue weighted by Gasteiger charge is -2.45. The Hall–Kier alpha value is -2.91. The van der Waals surface area contributed by atoms with Crippen LogP contribution >= 0.6 is 15.9 Å². The molecule has 28 heavy (non-hydrogen) atoms. The van der Waals surface area contributed by atoms with Gasteiger partial charge in [0.2, 0.25) is 0 Å². The third kappa shape index (κ3) is 3.34. The maximum absolute atomic E-state index is 13.3. The number of rotatable bonds is 3. The molecule has 0 radical (unpaired) electrons. The molecule has 142 valence electrons. The number of carbonyl (C=O) groups is 2. The lowest BCUT2D eigenvalue weighted by atomic mass is 9.87. The highest BCUT2D eigenvalue weighted by atomic mass is 79.9. The first-order valence-electron chi connectivity index (χ1n) is 8.80. The van der Waals surface area contributed by atoms with Crippen LogP contribution in [0.1, 0.15) is 23.6 Å². The van der Waals surface area contributed by atoms with Crippen LogP contribution in [0.3, 0.4) is 0 Å². The molecule has 1 aliphatic rings. The predicted octanol–water partition coefficient (Wildman–Crippen LogP) is 3.59. The third-order valence-corrected chi connectivity index (χ3v) is 5.93. The van der Waals surface area contributed by atoms with Gasteiger partial charge in [-0.1, -0.05) is 52.3 Å². The predicted molar refractivity (Wildman–Crippen MR) is 111 cm³/mol. The van der Waals surface area contributed by atoms with Crippen LogP contribution in [0.5, 0.6) is 0 Å². The Morgan fingerprint density at radius 3 is 2.43 bits per heavy atom. The molecule has 1 saturated heterocycles. The average Bonchev–Trinajstić information content (AvgIpc) is 2.70. The highest BCUT2D eigenvalue weighted by molar-refractivity contribution is 9.10. The van der Waals surface area contributed by atoms with Crippen LogP contribution in [0.25, 0.3) is 6.08 Å². The van der Waals surface area contributed by atoms with Crippen molar-refractivity contribution in [2.24, 2.45) is 0 Å². The van der Waals surface area contributed by atoms with E-state index >= 15 is 0 Å². The standard InChI is InChI=1S/C22H20BrN3O2/c1-22(13-15-8-5-4-6-9-15)21(28)25(2)19(20(27)26(22)3)12-17-16(14-24)10-7-11-18(17)23/h4-12H,13H2,1-3H3. The van der Waals surface area contributed by atoms with Crippen molar-refractivity contribution in [3.8, 4) is 6.07 Å². The van der Waals surface area contributed by atoms with E-state index in [0.717, 1.165) is 5.56 Å². The van der Waals surface area contributed by atoms with Crippen LogP contribution in [-0.4, -0.2) is 41.2 Å². The van der Waals surface area contributed by atoms with Crippen molar-refractivity contribution >= 4 is 33.8 Å². The maximum atomic E-state index is 13.3. The molecule has 1 aliphatic heterocycles. The fourth-order valence-electron chi connectivity index (χ4n) is 3.42. The molecule has 3 rings (SSSR count). The highest BCUT2D eigenvalue weighted by Gasteiger charge is 2.48. The van der Waals surface area contributed by atoms with Gasteiger partial charge in [-0.2, -0.15) is 5.26 Å². The summed E-state index contributed by atoms with van der Waals surface area (Å²) in [6.45, 7) is 1.78. The van der Waals surface area contributed by atoms with Gasteiger partial charge in [-0.05, 0) is 30.7 Å². The van der Waals surface area contributed by atoms with Crippen molar-refractivity contribution in [3.63, 3.8) is 0 Å². The molecule has 1 atom stereocenters. The quantitative estimate of drug-likeness (QED) is 0.689. The zero-order chi connectivity index (χ0) is 20.5. The SMILES string of the molecule is CN1C(=O)C(C)(Cc2ccccc2)N(C)C(=O)C1=Cc1c(Br)cccc1C#N. The van der Waals surface area contributed by atoms with Crippen LogP contribution in [0.4, 0.5) is 0 Å². The smallest absolute Gasteiger partial charge is 0.271 e. The molecule has 0 aliphatic carbocycles. The van der Waals surface area contributed by atoms with Gasteiger partial charge in [0.25, 0.3) is 11.8 Å². The lowest BCUT2D eigenvalue weighted by molar-refractivity contribution is -0.155. The number of benzene rings is 2. The fourth-order valence-corrected chi connectivity index (χ4v) is 3.90. The molecule has 0 spiro atoms. The van der Waals surface area contributed by atoms with E-state index in [0.29, 0.717) is 22.0 Å². The molecule has 0 bridgehead atoms. The summed E-state index contributed by atoms with van der Waals surface area (Å²) in [4.78, 5) is 29.3. The summed E-state index contributed by atoms with van der Waals surface area (Å²) in [5.41, 5.74) is 1.23. The normalized spacial score (nSPS) is 21.2. The largest absolute Gasteiger partial charge is 0.326 e. The summed E-state index contributed by atoms with van der Waals surface area (Å²) in [5.74, 6) is -0.435. The van der Waals surface area contributed by atoms with Crippen LogP contribution in [0.2, 0.25) is 0 Å². The van der Waals surface area contributed by atoms with Gasteiger partial charge in [-0.25, -0.2) is 0 Å². The number of carbonyl (C=O) groups excluding carboxylic acids is 2. The second kappa shape index (κ2) is 7.61. The van der Waals surface area contributed by atoms with Crippen LogP contribution in [0, 0.1) is 11.3 Å². The molecular weight excluding hydrogens is 418 g/mol. The van der Waals surface area contributed by atoms with E-state index in [1.807, 2.05) is 30.3 Å². The topological polar surface area (TPSA) is 64.4 Å². The fraction of sp³-hybridized carbons (Fsp3) is 0.227. The van der Waals surface area contributed by atoms with Gasteiger partial charge in [-0.3, -0.25) is 9.59 Å². The molecule has 5 nitrogen and oxygen atoms in total. The molecule has 2 amide bonds. The van der Waals surface area contributed by atoms with Gasteiger partial charge in [0, 0.05) is 30.6 Å². The zero-order valence-electron chi connectivity index (χ0n) is 15.9. The van der Waals surface area contributed by atoms with Crippen LogP contribution < -0.4 is 0 Å². The molecule has 0 saturated carbocycles. The minimum Gasteiger partial charge on any atom is -0.326 e. The summed E-state index contributed by atoms with van der Waals surface area (Å²) >= 11 is 3.43. The summed E-state index contributed by atoms with van der Waals surface area (Å²) in [6.07, 6.45) is 2.02. The number of nitrogens with zero attached hydrogens (tertiary/aromatic N) is 3. The summed E-state index contributed by atoms with van der Waals surface area (Å²) in [6, 6.07) is 17.0. The van der Waals surface area contributed by atoms with E-state index in [9.17, 15) is 14.9 Å². The molecule has 0 aromatic heterocycles.